The third kappa shape index (κ3) is 3.40. The second kappa shape index (κ2) is 7.37. The van der Waals surface area contributed by atoms with E-state index in [1.165, 1.54) is 11.3 Å². The van der Waals surface area contributed by atoms with Crippen molar-refractivity contribution >= 4 is 28.9 Å². The lowest BCUT2D eigenvalue weighted by Gasteiger charge is -2.25. The van der Waals surface area contributed by atoms with Crippen molar-refractivity contribution in [1.82, 2.24) is 0 Å². The van der Waals surface area contributed by atoms with Crippen LogP contribution in [-0.4, -0.2) is 24.1 Å². The Morgan fingerprint density at radius 2 is 1.90 bits per heavy atom. The Morgan fingerprint density at radius 3 is 2.55 bits per heavy atom. The summed E-state index contributed by atoms with van der Waals surface area (Å²) < 4.78 is 5.21. The van der Waals surface area contributed by atoms with E-state index in [4.69, 9.17) is 4.74 Å². The first kappa shape index (κ1) is 19.2. The van der Waals surface area contributed by atoms with Gasteiger partial charge < -0.3 is 15.2 Å². The highest BCUT2D eigenvalue weighted by atomic mass is 32.1. The standard InChI is InChI=1S/C23H21NO4S/c1-12-4-5-13(2)16(10-12)17-11-18(25)24-20-19(22(23(26)27)29-21(17)20)14-6-8-15(28-3)9-7-14/h4-10,17H,11H2,1-3H3,(H,24,25)(H,26,27)/t17-/m1/s1. The topological polar surface area (TPSA) is 75.6 Å². The summed E-state index contributed by atoms with van der Waals surface area (Å²) in [5.74, 6) is -0.571. The summed E-state index contributed by atoms with van der Waals surface area (Å²) in [6.45, 7) is 4.05. The van der Waals surface area contributed by atoms with Crippen LogP contribution in [-0.2, 0) is 4.79 Å². The molecule has 6 heteroatoms. The summed E-state index contributed by atoms with van der Waals surface area (Å²) in [6, 6.07) is 13.4. The van der Waals surface area contributed by atoms with Gasteiger partial charge in [0.05, 0.1) is 12.8 Å². The number of aromatic carboxylic acids is 1. The number of amides is 1. The van der Waals surface area contributed by atoms with Crippen molar-refractivity contribution in [3.8, 4) is 16.9 Å². The van der Waals surface area contributed by atoms with Gasteiger partial charge in [-0.15, -0.1) is 11.3 Å². The van der Waals surface area contributed by atoms with Gasteiger partial charge in [0, 0.05) is 22.8 Å². The molecule has 2 aromatic carbocycles. The molecule has 5 nitrogen and oxygen atoms in total. The lowest BCUT2D eigenvalue weighted by Crippen LogP contribution is -2.23. The minimum absolute atomic E-state index is 0.104. The number of ether oxygens (including phenoxy) is 1. The Kier molecular flexibility index (Phi) is 4.88. The molecule has 0 saturated heterocycles. The van der Waals surface area contributed by atoms with E-state index in [0.717, 1.165) is 27.1 Å². The van der Waals surface area contributed by atoms with Crippen LogP contribution in [0.15, 0.2) is 42.5 Å². The molecular weight excluding hydrogens is 386 g/mol. The molecule has 0 spiro atoms. The van der Waals surface area contributed by atoms with Crippen LogP contribution in [0, 0.1) is 13.8 Å². The first-order valence-electron chi connectivity index (χ1n) is 9.30. The Bertz CT molecular complexity index is 1110. The van der Waals surface area contributed by atoms with Gasteiger partial charge in [-0.3, -0.25) is 4.79 Å². The van der Waals surface area contributed by atoms with E-state index in [9.17, 15) is 14.7 Å². The molecule has 4 rings (SSSR count). The number of carbonyl (C=O) groups is 2. The van der Waals surface area contributed by atoms with Gasteiger partial charge in [-0.05, 0) is 42.7 Å². The lowest BCUT2D eigenvalue weighted by molar-refractivity contribution is -0.116. The molecule has 2 N–H and O–H groups in total. The summed E-state index contributed by atoms with van der Waals surface area (Å²) in [6.07, 6.45) is 0.304. The molecule has 3 aromatic rings. The van der Waals surface area contributed by atoms with Crippen molar-refractivity contribution in [2.75, 3.05) is 12.4 Å². The average Bonchev–Trinajstić information content (AvgIpc) is 3.09. The van der Waals surface area contributed by atoms with Crippen LogP contribution in [0.1, 0.15) is 43.6 Å². The minimum Gasteiger partial charge on any atom is -0.497 e. The van der Waals surface area contributed by atoms with Gasteiger partial charge in [0.1, 0.15) is 10.6 Å². The van der Waals surface area contributed by atoms with Crippen LogP contribution >= 0.6 is 11.3 Å². The molecule has 29 heavy (non-hydrogen) atoms. The average molecular weight is 407 g/mol. The zero-order chi connectivity index (χ0) is 20.7. The Morgan fingerprint density at radius 1 is 1.17 bits per heavy atom. The quantitative estimate of drug-likeness (QED) is 0.622. The number of carboxylic acids is 1. The van der Waals surface area contributed by atoms with Crippen molar-refractivity contribution in [2.24, 2.45) is 0 Å². The first-order chi connectivity index (χ1) is 13.9. The highest BCUT2D eigenvalue weighted by Crippen LogP contribution is 2.50. The van der Waals surface area contributed by atoms with Crippen molar-refractivity contribution in [1.29, 1.82) is 0 Å². The van der Waals surface area contributed by atoms with E-state index < -0.39 is 5.97 Å². The number of rotatable bonds is 4. The fraction of sp³-hybridized carbons (Fsp3) is 0.217. The normalized spacial score (nSPS) is 15.6. The van der Waals surface area contributed by atoms with E-state index >= 15 is 0 Å². The first-order valence-corrected chi connectivity index (χ1v) is 10.1. The third-order valence-electron chi connectivity index (χ3n) is 5.29. The van der Waals surface area contributed by atoms with Gasteiger partial charge in [0.2, 0.25) is 5.91 Å². The van der Waals surface area contributed by atoms with E-state index in [-0.39, 0.29) is 16.7 Å². The molecule has 1 aliphatic rings. The van der Waals surface area contributed by atoms with E-state index in [1.54, 1.807) is 19.2 Å². The number of hydrogen-bond acceptors (Lipinski definition) is 4. The fourth-order valence-electron chi connectivity index (χ4n) is 3.86. The summed E-state index contributed by atoms with van der Waals surface area (Å²) >= 11 is 1.25. The second-order valence-corrected chi connectivity index (χ2v) is 8.30. The number of benzene rings is 2. The number of hydrogen-bond donors (Lipinski definition) is 2. The SMILES string of the molecule is COc1ccc(-c2c(C(=O)O)sc3c2NC(=O)C[C@@H]3c2cc(C)ccc2C)cc1. The van der Waals surface area contributed by atoms with Gasteiger partial charge in [0.25, 0.3) is 0 Å². The molecule has 1 aromatic heterocycles. The summed E-state index contributed by atoms with van der Waals surface area (Å²) in [7, 11) is 1.58. The molecule has 0 saturated carbocycles. The lowest BCUT2D eigenvalue weighted by atomic mass is 9.85. The maximum Gasteiger partial charge on any atom is 0.346 e. The molecule has 0 fully saturated rings. The number of anilines is 1. The van der Waals surface area contributed by atoms with Crippen molar-refractivity contribution in [3.05, 3.63) is 68.9 Å². The monoisotopic (exact) mass is 407 g/mol. The van der Waals surface area contributed by atoms with Gasteiger partial charge in [-0.1, -0.05) is 35.9 Å². The molecule has 1 atom stereocenters. The van der Waals surface area contributed by atoms with Crippen molar-refractivity contribution in [3.63, 3.8) is 0 Å². The van der Waals surface area contributed by atoms with Crippen LogP contribution in [0.4, 0.5) is 5.69 Å². The van der Waals surface area contributed by atoms with Gasteiger partial charge >= 0.3 is 5.97 Å². The maximum atomic E-state index is 12.6. The molecule has 0 bridgehead atoms. The summed E-state index contributed by atoms with van der Waals surface area (Å²) in [5.41, 5.74) is 5.19. The van der Waals surface area contributed by atoms with Gasteiger partial charge in [-0.25, -0.2) is 4.79 Å². The van der Waals surface area contributed by atoms with Gasteiger partial charge in [0.15, 0.2) is 0 Å². The Balaban J connectivity index is 1.93. The second-order valence-electron chi connectivity index (χ2n) is 7.24. The van der Waals surface area contributed by atoms with Crippen molar-refractivity contribution < 1.29 is 19.4 Å². The molecule has 0 unspecified atom stereocenters. The van der Waals surface area contributed by atoms with E-state index in [2.05, 4.69) is 11.4 Å². The number of carbonyl (C=O) groups excluding carboxylic acids is 1. The van der Waals surface area contributed by atoms with Crippen LogP contribution in [0.25, 0.3) is 11.1 Å². The van der Waals surface area contributed by atoms with Crippen molar-refractivity contribution in [2.45, 2.75) is 26.2 Å². The van der Waals surface area contributed by atoms with Crippen LogP contribution < -0.4 is 10.1 Å². The molecule has 1 amide bonds. The van der Waals surface area contributed by atoms with Gasteiger partial charge in [-0.2, -0.15) is 0 Å². The molecule has 0 radical (unpaired) electrons. The predicted octanol–water partition coefficient (Wildman–Crippen LogP) is 5.21. The van der Waals surface area contributed by atoms with Crippen LogP contribution in [0.5, 0.6) is 5.75 Å². The largest absolute Gasteiger partial charge is 0.497 e. The predicted molar refractivity (Wildman–Crippen MR) is 114 cm³/mol. The number of fused-ring (bicyclic) bond motifs is 1. The number of thiophene rings is 1. The molecule has 148 valence electrons. The number of carboxylic acid groups (broad SMARTS) is 1. The molecule has 0 aliphatic carbocycles. The minimum atomic E-state index is -0.996. The number of methoxy groups -OCH3 is 1. The maximum absolute atomic E-state index is 12.6. The summed E-state index contributed by atoms with van der Waals surface area (Å²) in [4.78, 5) is 25.8. The highest BCUT2D eigenvalue weighted by molar-refractivity contribution is 7.15. The summed E-state index contributed by atoms with van der Waals surface area (Å²) in [5, 5.41) is 12.8. The van der Waals surface area contributed by atoms with Crippen LogP contribution in [0.2, 0.25) is 0 Å². The zero-order valence-electron chi connectivity index (χ0n) is 16.4. The van der Waals surface area contributed by atoms with E-state index in [0.29, 0.717) is 23.4 Å². The third-order valence-corrected chi connectivity index (χ3v) is 6.58. The highest BCUT2D eigenvalue weighted by Gasteiger charge is 2.35. The molecule has 1 aliphatic heterocycles. The molecular formula is C23H21NO4S. The molecule has 2 heterocycles. The number of nitrogens with one attached hydrogen (secondary N) is 1. The Labute approximate surface area is 173 Å². The van der Waals surface area contributed by atoms with Crippen LogP contribution in [0.3, 0.4) is 0 Å². The fourth-order valence-corrected chi connectivity index (χ4v) is 5.09. The smallest absolute Gasteiger partial charge is 0.346 e. The zero-order valence-corrected chi connectivity index (χ0v) is 17.2. The van der Waals surface area contributed by atoms with E-state index in [1.807, 2.05) is 38.1 Å². The Hall–Kier alpha value is -3.12. The number of aryl methyl sites for hydroxylation is 2.